The highest BCUT2D eigenvalue weighted by Gasteiger charge is 2.16. The highest BCUT2D eigenvalue weighted by molar-refractivity contribution is 5.79. The van der Waals surface area contributed by atoms with E-state index in [-0.39, 0.29) is 0 Å². The van der Waals surface area contributed by atoms with E-state index in [0.717, 1.165) is 64.4 Å². The molecule has 0 aliphatic carbocycles. The molecule has 0 saturated carbocycles. The Balaban J connectivity index is 1.56. The van der Waals surface area contributed by atoms with Crippen LogP contribution in [-0.2, 0) is 4.79 Å². The van der Waals surface area contributed by atoms with Crippen LogP contribution < -0.4 is 10.6 Å². The molecule has 168 valence electrons. The van der Waals surface area contributed by atoms with E-state index in [1.54, 1.807) is 0 Å². The molecule has 0 spiro atoms. The van der Waals surface area contributed by atoms with E-state index >= 15 is 0 Å². The number of hydrogen-bond donors (Lipinski definition) is 2. The van der Waals surface area contributed by atoms with Crippen molar-refractivity contribution in [2.24, 2.45) is 4.99 Å². The lowest BCUT2D eigenvalue weighted by atomic mass is 10.2. The van der Waals surface area contributed by atoms with E-state index in [4.69, 9.17) is 4.99 Å². The van der Waals surface area contributed by atoms with E-state index in [2.05, 4.69) is 34.3 Å². The molecule has 2 aliphatic heterocycles. The predicted molar refractivity (Wildman–Crippen MR) is 121 cm³/mol. The number of carbonyl (C=O) groups is 1. The van der Waals surface area contributed by atoms with Gasteiger partial charge in [-0.15, -0.1) is 0 Å². The minimum Gasteiger partial charge on any atom is -0.357 e. The van der Waals surface area contributed by atoms with Gasteiger partial charge in [0, 0.05) is 65.3 Å². The molecular formula is C22H44N6O. The van der Waals surface area contributed by atoms with Crippen LogP contribution in [0.25, 0.3) is 0 Å². The molecule has 2 aliphatic rings. The third kappa shape index (κ3) is 9.81. The second-order valence-corrected chi connectivity index (χ2v) is 8.22. The van der Waals surface area contributed by atoms with Crippen LogP contribution in [0.4, 0.5) is 0 Å². The summed E-state index contributed by atoms with van der Waals surface area (Å²) in [6.45, 7) is 16.0. The van der Waals surface area contributed by atoms with Gasteiger partial charge < -0.3 is 25.3 Å². The number of rotatable bonds is 11. The zero-order chi connectivity index (χ0) is 20.7. The molecule has 0 radical (unpaired) electrons. The van der Waals surface area contributed by atoms with Crippen molar-refractivity contribution in [2.75, 3.05) is 72.0 Å². The van der Waals surface area contributed by atoms with Crippen molar-refractivity contribution >= 4 is 11.9 Å². The maximum absolute atomic E-state index is 12.1. The predicted octanol–water partition coefficient (Wildman–Crippen LogP) is 1.75. The zero-order valence-corrected chi connectivity index (χ0v) is 18.9. The van der Waals surface area contributed by atoms with Crippen LogP contribution in [0, 0.1) is 0 Å². The second kappa shape index (κ2) is 14.6. The summed E-state index contributed by atoms with van der Waals surface area (Å²) in [6, 6.07) is 0. The molecule has 29 heavy (non-hydrogen) atoms. The number of likely N-dealkylation sites (tertiary alicyclic amines) is 1. The number of aliphatic imine (C=N–C) groups is 1. The standard InChI is InChI=1S/C22H44N6O/c1-3-23-22(25-13-10-16-28-15-8-5-6-11-21(28)29)24-12-7-9-14-27-19-17-26(4-2)18-20-27/h3-20H2,1-2H3,(H2,23,24,25). The molecule has 0 bridgehead atoms. The van der Waals surface area contributed by atoms with Gasteiger partial charge in [-0.25, -0.2) is 0 Å². The molecule has 0 aromatic heterocycles. The van der Waals surface area contributed by atoms with Crippen molar-refractivity contribution in [3.8, 4) is 0 Å². The molecule has 0 atom stereocenters. The minimum absolute atomic E-state index is 0.326. The van der Waals surface area contributed by atoms with Crippen LogP contribution in [-0.4, -0.2) is 98.6 Å². The number of nitrogens with one attached hydrogen (secondary N) is 2. The third-order valence-corrected chi connectivity index (χ3v) is 5.98. The number of unbranched alkanes of at least 4 members (excludes halogenated alkanes) is 1. The van der Waals surface area contributed by atoms with E-state index in [0.29, 0.717) is 5.91 Å². The Kier molecular flexibility index (Phi) is 12.1. The number of carbonyl (C=O) groups excluding carboxylic acids is 1. The van der Waals surface area contributed by atoms with Gasteiger partial charge in [0.25, 0.3) is 0 Å². The molecule has 2 saturated heterocycles. The summed E-state index contributed by atoms with van der Waals surface area (Å²) in [5.41, 5.74) is 0. The molecule has 0 aromatic rings. The van der Waals surface area contributed by atoms with Crippen molar-refractivity contribution in [1.82, 2.24) is 25.3 Å². The van der Waals surface area contributed by atoms with Gasteiger partial charge in [-0.2, -0.15) is 0 Å². The Hall–Kier alpha value is -1.34. The summed E-state index contributed by atoms with van der Waals surface area (Å²) in [6.07, 6.45) is 7.44. The van der Waals surface area contributed by atoms with Crippen molar-refractivity contribution in [3.05, 3.63) is 0 Å². The van der Waals surface area contributed by atoms with E-state index in [1.807, 2.05) is 4.90 Å². The second-order valence-electron chi connectivity index (χ2n) is 8.22. The highest BCUT2D eigenvalue weighted by atomic mass is 16.2. The van der Waals surface area contributed by atoms with Gasteiger partial charge in [0.05, 0.1) is 0 Å². The molecule has 2 rings (SSSR count). The van der Waals surface area contributed by atoms with Gasteiger partial charge in [-0.05, 0) is 52.1 Å². The Labute approximate surface area is 178 Å². The molecule has 7 heteroatoms. The summed E-state index contributed by atoms with van der Waals surface area (Å²) in [5.74, 6) is 1.24. The number of guanidine groups is 1. The molecule has 2 N–H and O–H groups in total. The smallest absolute Gasteiger partial charge is 0.222 e. The first-order valence-electron chi connectivity index (χ1n) is 12.0. The molecule has 7 nitrogen and oxygen atoms in total. The molecule has 2 heterocycles. The minimum atomic E-state index is 0.326. The quantitative estimate of drug-likeness (QED) is 0.310. The lowest BCUT2D eigenvalue weighted by molar-refractivity contribution is -0.130. The molecular weight excluding hydrogens is 364 g/mol. The molecule has 1 amide bonds. The molecule has 0 aromatic carbocycles. The summed E-state index contributed by atoms with van der Waals surface area (Å²) in [7, 11) is 0. The maximum atomic E-state index is 12.1. The molecule has 2 fully saturated rings. The number of likely N-dealkylation sites (N-methyl/N-ethyl adjacent to an activating group) is 1. The molecule has 0 unspecified atom stereocenters. The SMILES string of the molecule is CCNC(=NCCCN1CCCCCC1=O)NCCCCN1CCN(CC)CC1. The first-order chi connectivity index (χ1) is 14.2. The summed E-state index contributed by atoms with van der Waals surface area (Å²) in [4.78, 5) is 23.9. The van der Waals surface area contributed by atoms with Crippen LogP contribution in [0.15, 0.2) is 4.99 Å². The van der Waals surface area contributed by atoms with Crippen LogP contribution in [0.2, 0.25) is 0 Å². The average molecular weight is 409 g/mol. The monoisotopic (exact) mass is 408 g/mol. The van der Waals surface area contributed by atoms with Gasteiger partial charge in [-0.3, -0.25) is 9.79 Å². The topological polar surface area (TPSA) is 63.2 Å². The summed E-state index contributed by atoms with van der Waals surface area (Å²) in [5, 5.41) is 6.80. The van der Waals surface area contributed by atoms with Crippen LogP contribution in [0.5, 0.6) is 0 Å². The third-order valence-electron chi connectivity index (χ3n) is 5.98. The van der Waals surface area contributed by atoms with Gasteiger partial charge >= 0.3 is 0 Å². The summed E-state index contributed by atoms with van der Waals surface area (Å²) >= 11 is 0. The Morgan fingerprint density at radius 1 is 0.897 bits per heavy atom. The van der Waals surface area contributed by atoms with Crippen molar-refractivity contribution < 1.29 is 4.79 Å². The largest absolute Gasteiger partial charge is 0.357 e. The van der Waals surface area contributed by atoms with Crippen LogP contribution in [0.3, 0.4) is 0 Å². The Bertz CT molecular complexity index is 476. The Morgan fingerprint density at radius 2 is 1.69 bits per heavy atom. The normalized spacial score (nSPS) is 20.0. The fourth-order valence-electron chi connectivity index (χ4n) is 4.07. The maximum Gasteiger partial charge on any atom is 0.222 e. The van der Waals surface area contributed by atoms with E-state index < -0.39 is 0 Å². The average Bonchev–Trinajstić information content (AvgIpc) is 2.95. The number of amides is 1. The number of nitrogens with zero attached hydrogens (tertiary/aromatic N) is 4. The van der Waals surface area contributed by atoms with E-state index in [9.17, 15) is 4.79 Å². The van der Waals surface area contributed by atoms with E-state index in [1.165, 1.54) is 58.5 Å². The highest BCUT2D eigenvalue weighted by Crippen LogP contribution is 2.11. The zero-order valence-electron chi connectivity index (χ0n) is 18.9. The van der Waals surface area contributed by atoms with Gasteiger partial charge in [0.15, 0.2) is 5.96 Å². The fraction of sp³-hybridized carbons (Fsp3) is 0.909. The summed E-state index contributed by atoms with van der Waals surface area (Å²) < 4.78 is 0. The van der Waals surface area contributed by atoms with Crippen LogP contribution >= 0.6 is 0 Å². The van der Waals surface area contributed by atoms with Gasteiger partial charge in [0.1, 0.15) is 0 Å². The first kappa shape index (κ1) is 23.9. The number of piperazine rings is 1. The lowest BCUT2D eigenvalue weighted by Crippen LogP contribution is -2.46. The fourth-order valence-corrected chi connectivity index (χ4v) is 4.07. The lowest BCUT2D eigenvalue weighted by Gasteiger charge is -2.34. The van der Waals surface area contributed by atoms with Gasteiger partial charge in [-0.1, -0.05) is 13.3 Å². The van der Waals surface area contributed by atoms with Crippen molar-refractivity contribution in [1.29, 1.82) is 0 Å². The van der Waals surface area contributed by atoms with Crippen LogP contribution in [0.1, 0.15) is 58.8 Å². The first-order valence-corrected chi connectivity index (χ1v) is 12.0. The van der Waals surface area contributed by atoms with Crippen molar-refractivity contribution in [3.63, 3.8) is 0 Å². The Morgan fingerprint density at radius 3 is 2.45 bits per heavy atom. The van der Waals surface area contributed by atoms with Gasteiger partial charge in [0.2, 0.25) is 5.91 Å². The number of hydrogen-bond acceptors (Lipinski definition) is 4. The van der Waals surface area contributed by atoms with Crippen molar-refractivity contribution in [2.45, 2.75) is 58.8 Å².